The molecular formula is C26H29FN6O2S. The monoisotopic (exact) mass is 508 g/mol. The van der Waals surface area contributed by atoms with Gasteiger partial charge in [0.25, 0.3) is 0 Å². The molecule has 188 valence electrons. The van der Waals surface area contributed by atoms with Crippen molar-refractivity contribution in [3.05, 3.63) is 47.9 Å². The van der Waals surface area contributed by atoms with Gasteiger partial charge < -0.3 is 19.5 Å². The number of benzene rings is 2. The topological polar surface area (TPSA) is 95.3 Å². The standard InChI is InChI=1S/C26H29FN6O2S/c1-3-33(2)36-32-21-7-5-20(27)25(19(21)15-28)35-17-4-6-22-23(12-17)31-24(16-30-22)34-18-13-26(14-18)8-10-29-11-9-26/h4-7,12,16,18,29,32H,3,8-11,13-14H2,1-2H3. The van der Waals surface area contributed by atoms with Crippen molar-refractivity contribution in [1.29, 1.82) is 5.26 Å². The van der Waals surface area contributed by atoms with Crippen LogP contribution in [0.2, 0.25) is 0 Å². The second kappa shape index (κ2) is 10.5. The van der Waals surface area contributed by atoms with Gasteiger partial charge in [0, 0.05) is 24.7 Å². The average Bonchev–Trinajstić information content (AvgIpc) is 2.88. The van der Waals surface area contributed by atoms with Gasteiger partial charge in [0.1, 0.15) is 23.5 Å². The van der Waals surface area contributed by atoms with Gasteiger partial charge in [-0.15, -0.1) is 0 Å². The van der Waals surface area contributed by atoms with Crippen LogP contribution in [0, 0.1) is 22.6 Å². The van der Waals surface area contributed by atoms with Crippen molar-refractivity contribution in [1.82, 2.24) is 19.6 Å². The summed E-state index contributed by atoms with van der Waals surface area (Å²) < 4.78 is 31.7. The Morgan fingerprint density at radius 1 is 1.25 bits per heavy atom. The minimum atomic E-state index is -0.619. The number of ether oxygens (including phenoxy) is 2. The maximum absolute atomic E-state index is 14.7. The molecule has 2 fully saturated rings. The zero-order chi connectivity index (χ0) is 25.1. The lowest BCUT2D eigenvalue weighted by atomic mass is 9.62. The van der Waals surface area contributed by atoms with E-state index in [-0.39, 0.29) is 17.4 Å². The number of hydrogen-bond donors (Lipinski definition) is 2. The molecule has 2 heterocycles. The fraction of sp³-hybridized carbons (Fsp3) is 0.423. The molecule has 8 nitrogen and oxygen atoms in total. The summed E-state index contributed by atoms with van der Waals surface area (Å²) in [5.74, 6) is 0.0764. The average molecular weight is 509 g/mol. The number of nitrogens with one attached hydrogen (secondary N) is 2. The highest BCUT2D eigenvalue weighted by molar-refractivity contribution is 7.98. The minimum Gasteiger partial charge on any atom is -0.473 e. The minimum absolute atomic E-state index is 0.0899. The van der Waals surface area contributed by atoms with Crippen LogP contribution in [-0.4, -0.2) is 47.1 Å². The second-order valence-corrected chi connectivity index (χ2v) is 10.4. The summed E-state index contributed by atoms with van der Waals surface area (Å²) in [4.78, 5) is 9.08. The number of hydrogen-bond acceptors (Lipinski definition) is 9. The van der Waals surface area contributed by atoms with Crippen molar-refractivity contribution < 1.29 is 13.9 Å². The predicted octanol–water partition coefficient (Wildman–Crippen LogP) is 5.27. The SMILES string of the molecule is CCN(C)SNc1ccc(F)c(Oc2ccc3ncc(OC4CC5(CCNCC5)C4)nc3c2)c1C#N. The van der Waals surface area contributed by atoms with E-state index < -0.39 is 5.82 Å². The molecule has 10 heteroatoms. The van der Waals surface area contributed by atoms with E-state index in [1.165, 1.54) is 37.1 Å². The summed E-state index contributed by atoms with van der Waals surface area (Å²) in [6.07, 6.45) is 6.28. The fourth-order valence-electron chi connectivity index (χ4n) is 4.78. The van der Waals surface area contributed by atoms with Crippen molar-refractivity contribution in [2.24, 2.45) is 5.41 Å². The number of nitrogens with zero attached hydrogens (tertiary/aromatic N) is 4. The predicted molar refractivity (Wildman–Crippen MR) is 138 cm³/mol. The van der Waals surface area contributed by atoms with Crippen LogP contribution in [0.5, 0.6) is 17.4 Å². The molecule has 1 saturated carbocycles. The van der Waals surface area contributed by atoms with E-state index in [2.05, 4.69) is 26.1 Å². The van der Waals surface area contributed by atoms with Crippen LogP contribution in [0.15, 0.2) is 36.5 Å². The van der Waals surface area contributed by atoms with Gasteiger partial charge >= 0.3 is 0 Å². The van der Waals surface area contributed by atoms with Crippen LogP contribution in [0.3, 0.4) is 0 Å². The number of halogens is 1. The fourth-order valence-corrected chi connectivity index (χ4v) is 5.34. The molecule has 36 heavy (non-hydrogen) atoms. The van der Waals surface area contributed by atoms with Gasteiger partial charge in [0.15, 0.2) is 11.6 Å². The highest BCUT2D eigenvalue weighted by atomic mass is 32.2. The van der Waals surface area contributed by atoms with E-state index in [1.54, 1.807) is 24.4 Å². The second-order valence-electron chi connectivity index (χ2n) is 9.41. The Morgan fingerprint density at radius 3 is 2.81 bits per heavy atom. The highest BCUT2D eigenvalue weighted by Crippen LogP contribution is 2.49. The van der Waals surface area contributed by atoms with Crippen molar-refractivity contribution >= 4 is 28.9 Å². The van der Waals surface area contributed by atoms with Crippen LogP contribution < -0.4 is 19.5 Å². The summed E-state index contributed by atoms with van der Waals surface area (Å²) in [5.41, 5.74) is 2.23. The first-order valence-corrected chi connectivity index (χ1v) is 12.9. The zero-order valence-corrected chi connectivity index (χ0v) is 21.2. The van der Waals surface area contributed by atoms with E-state index in [9.17, 15) is 9.65 Å². The van der Waals surface area contributed by atoms with Crippen LogP contribution in [-0.2, 0) is 0 Å². The molecule has 1 saturated heterocycles. The first kappa shape index (κ1) is 24.6. The first-order chi connectivity index (χ1) is 17.5. The third-order valence-corrected chi connectivity index (χ3v) is 7.84. The van der Waals surface area contributed by atoms with E-state index in [4.69, 9.17) is 9.47 Å². The zero-order valence-electron chi connectivity index (χ0n) is 20.4. The lowest BCUT2D eigenvalue weighted by Gasteiger charge is -2.49. The molecule has 1 aliphatic heterocycles. The third-order valence-electron chi connectivity index (χ3n) is 6.96. The Balaban J connectivity index is 1.32. The number of piperidine rings is 1. The van der Waals surface area contributed by atoms with Crippen LogP contribution in [0.4, 0.5) is 10.1 Å². The molecule has 0 atom stereocenters. The van der Waals surface area contributed by atoms with E-state index >= 15 is 0 Å². The molecule has 1 spiro atoms. The smallest absolute Gasteiger partial charge is 0.233 e. The maximum Gasteiger partial charge on any atom is 0.233 e. The Hall–Kier alpha value is -3.13. The van der Waals surface area contributed by atoms with Crippen molar-refractivity contribution in [2.75, 3.05) is 31.4 Å². The van der Waals surface area contributed by atoms with Crippen molar-refractivity contribution in [3.8, 4) is 23.4 Å². The van der Waals surface area contributed by atoms with E-state index in [0.717, 1.165) is 32.5 Å². The number of aromatic nitrogens is 2. The normalized spacial score (nSPS) is 17.1. The van der Waals surface area contributed by atoms with Crippen LogP contribution in [0.25, 0.3) is 11.0 Å². The number of anilines is 1. The van der Waals surface area contributed by atoms with Gasteiger partial charge in [-0.2, -0.15) is 5.26 Å². The third kappa shape index (κ3) is 5.19. The van der Waals surface area contributed by atoms with Crippen molar-refractivity contribution in [2.45, 2.75) is 38.7 Å². The lowest BCUT2D eigenvalue weighted by Crippen LogP contribution is -2.49. The van der Waals surface area contributed by atoms with Gasteiger partial charge in [-0.3, -0.25) is 0 Å². The summed E-state index contributed by atoms with van der Waals surface area (Å²) >= 11 is 1.32. The van der Waals surface area contributed by atoms with Gasteiger partial charge in [-0.05, 0) is 75.5 Å². The summed E-state index contributed by atoms with van der Waals surface area (Å²) in [6.45, 7) is 4.96. The number of nitriles is 1. The molecule has 5 rings (SSSR count). The van der Waals surface area contributed by atoms with Crippen LogP contribution in [0.1, 0.15) is 38.2 Å². The Bertz CT molecular complexity index is 1290. The summed E-state index contributed by atoms with van der Waals surface area (Å²) in [5, 5.41) is 13.2. The molecule has 3 aromatic rings. The maximum atomic E-state index is 14.7. The van der Waals surface area contributed by atoms with Crippen molar-refractivity contribution in [3.63, 3.8) is 0 Å². The van der Waals surface area contributed by atoms with Crippen LogP contribution >= 0.6 is 12.1 Å². The lowest BCUT2D eigenvalue weighted by molar-refractivity contribution is -0.0367. The Morgan fingerprint density at radius 2 is 2.06 bits per heavy atom. The molecule has 2 aromatic carbocycles. The largest absolute Gasteiger partial charge is 0.473 e. The van der Waals surface area contributed by atoms with Gasteiger partial charge in [-0.25, -0.2) is 18.7 Å². The number of rotatable bonds is 8. The molecule has 0 radical (unpaired) electrons. The molecule has 1 aromatic heterocycles. The molecular weight excluding hydrogens is 479 g/mol. The van der Waals surface area contributed by atoms with E-state index in [0.29, 0.717) is 33.8 Å². The van der Waals surface area contributed by atoms with Gasteiger partial charge in [0.2, 0.25) is 5.88 Å². The Kier molecular flexibility index (Phi) is 7.14. The number of fused-ring (bicyclic) bond motifs is 1. The summed E-state index contributed by atoms with van der Waals surface area (Å²) in [7, 11) is 1.91. The summed E-state index contributed by atoms with van der Waals surface area (Å²) in [6, 6.07) is 10.0. The van der Waals surface area contributed by atoms with Gasteiger partial charge in [-0.1, -0.05) is 6.92 Å². The molecule has 0 amide bonds. The molecule has 0 unspecified atom stereocenters. The molecule has 2 aliphatic rings. The van der Waals surface area contributed by atoms with Gasteiger partial charge in [0.05, 0.1) is 22.9 Å². The Labute approximate surface area is 214 Å². The quantitative estimate of drug-likeness (QED) is 0.395. The molecule has 0 bridgehead atoms. The first-order valence-electron chi connectivity index (χ1n) is 12.2. The molecule has 1 aliphatic carbocycles. The van der Waals surface area contributed by atoms with E-state index in [1.807, 2.05) is 18.3 Å². The molecule has 2 N–H and O–H groups in total. The highest BCUT2D eigenvalue weighted by Gasteiger charge is 2.46.